The summed E-state index contributed by atoms with van der Waals surface area (Å²) in [6.07, 6.45) is 1.90. The van der Waals surface area contributed by atoms with Crippen molar-refractivity contribution in [1.82, 2.24) is 9.55 Å². The molecule has 19 heavy (non-hydrogen) atoms. The summed E-state index contributed by atoms with van der Waals surface area (Å²) in [4.78, 5) is 25.7. The third kappa shape index (κ3) is 3.05. The maximum absolute atomic E-state index is 11.0. The maximum Gasteiger partial charge on any atom is 0.269 e. The molecule has 0 saturated carbocycles. The average molecular weight is 259 g/mol. The molecule has 1 aromatic carbocycles. The molecule has 2 aromatic rings. The van der Waals surface area contributed by atoms with Gasteiger partial charge in [-0.3, -0.25) is 9.59 Å². The largest absolute Gasteiger partial charge is 0.364 e. The van der Waals surface area contributed by atoms with E-state index in [0.29, 0.717) is 12.9 Å². The molecule has 6 heteroatoms. The highest BCUT2D eigenvalue weighted by Gasteiger charge is 2.14. The second-order valence-corrected chi connectivity index (χ2v) is 3.89. The summed E-state index contributed by atoms with van der Waals surface area (Å²) in [6, 6.07) is 9.62. The Morgan fingerprint density at radius 1 is 1.37 bits per heavy atom. The number of aldehydes is 1. The van der Waals surface area contributed by atoms with E-state index in [1.165, 1.54) is 10.9 Å². The van der Waals surface area contributed by atoms with E-state index in [1.807, 2.05) is 30.3 Å². The van der Waals surface area contributed by atoms with E-state index in [9.17, 15) is 9.59 Å². The van der Waals surface area contributed by atoms with Gasteiger partial charge in [0.15, 0.2) is 12.0 Å². The number of nitrogens with zero attached hydrogens (tertiary/aromatic N) is 2. The molecule has 0 bridgehead atoms. The van der Waals surface area contributed by atoms with Crippen molar-refractivity contribution in [3.8, 4) is 0 Å². The number of hydrogen-bond acceptors (Lipinski definition) is 4. The number of imidazole rings is 1. The van der Waals surface area contributed by atoms with Gasteiger partial charge in [-0.05, 0) is 5.56 Å². The molecule has 2 rings (SSSR count). The van der Waals surface area contributed by atoms with Crippen LogP contribution in [0.4, 0.5) is 0 Å². The van der Waals surface area contributed by atoms with Gasteiger partial charge in [-0.25, -0.2) is 4.98 Å². The molecule has 98 valence electrons. The Labute approximate surface area is 109 Å². The van der Waals surface area contributed by atoms with Crippen LogP contribution in [-0.4, -0.2) is 21.7 Å². The first-order valence-electron chi connectivity index (χ1n) is 5.64. The van der Waals surface area contributed by atoms with Crippen LogP contribution in [0.5, 0.6) is 0 Å². The minimum Gasteiger partial charge on any atom is -0.364 e. The van der Waals surface area contributed by atoms with Gasteiger partial charge in [-0.1, -0.05) is 30.3 Å². The lowest BCUT2D eigenvalue weighted by atomic mass is 10.2. The molecule has 0 unspecified atom stereocenters. The fourth-order valence-electron chi connectivity index (χ4n) is 1.64. The van der Waals surface area contributed by atoms with Gasteiger partial charge in [-0.15, -0.1) is 0 Å². The molecule has 0 radical (unpaired) electrons. The SMILES string of the molecule is NC(=O)c1ncn(COCc2ccccc2)c1C=O. The first-order valence-corrected chi connectivity index (χ1v) is 5.64. The Morgan fingerprint density at radius 2 is 2.11 bits per heavy atom. The summed E-state index contributed by atoms with van der Waals surface area (Å²) in [6.45, 7) is 0.534. The molecule has 0 aliphatic rings. The number of nitrogens with two attached hydrogens (primary N) is 1. The third-order valence-electron chi connectivity index (χ3n) is 2.57. The predicted octanol–water partition coefficient (Wildman–Crippen LogP) is 0.969. The van der Waals surface area contributed by atoms with Crippen molar-refractivity contribution in [3.63, 3.8) is 0 Å². The van der Waals surface area contributed by atoms with Crippen LogP contribution in [0.15, 0.2) is 36.7 Å². The lowest BCUT2D eigenvalue weighted by Crippen LogP contribution is -2.15. The summed E-state index contributed by atoms with van der Waals surface area (Å²) in [5, 5.41) is 0. The van der Waals surface area contributed by atoms with Crippen molar-refractivity contribution < 1.29 is 14.3 Å². The number of carbonyl (C=O) groups excluding carboxylic acids is 2. The van der Waals surface area contributed by atoms with Crippen molar-refractivity contribution in [2.24, 2.45) is 5.73 Å². The second kappa shape index (κ2) is 5.92. The second-order valence-electron chi connectivity index (χ2n) is 3.89. The van der Waals surface area contributed by atoms with Crippen LogP contribution in [-0.2, 0) is 18.1 Å². The number of carbonyl (C=O) groups is 2. The van der Waals surface area contributed by atoms with Crippen molar-refractivity contribution in [2.45, 2.75) is 13.3 Å². The van der Waals surface area contributed by atoms with E-state index in [2.05, 4.69) is 4.98 Å². The molecular formula is C13H13N3O3. The molecule has 1 amide bonds. The lowest BCUT2D eigenvalue weighted by Gasteiger charge is -2.06. The van der Waals surface area contributed by atoms with E-state index < -0.39 is 5.91 Å². The van der Waals surface area contributed by atoms with Gasteiger partial charge >= 0.3 is 0 Å². The zero-order chi connectivity index (χ0) is 13.7. The third-order valence-corrected chi connectivity index (χ3v) is 2.57. The molecule has 0 aliphatic carbocycles. The summed E-state index contributed by atoms with van der Waals surface area (Å²) in [5.74, 6) is -0.732. The minimum atomic E-state index is -0.732. The summed E-state index contributed by atoms with van der Waals surface area (Å²) in [5.41, 5.74) is 6.21. The van der Waals surface area contributed by atoms with Crippen LogP contribution < -0.4 is 5.73 Å². The van der Waals surface area contributed by atoms with E-state index in [4.69, 9.17) is 10.5 Å². The van der Waals surface area contributed by atoms with Gasteiger partial charge in [-0.2, -0.15) is 0 Å². The Balaban J connectivity index is 2.00. The molecule has 1 aromatic heterocycles. The van der Waals surface area contributed by atoms with Crippen molar-refractivity contribution in [2.75, 3.05) is 0 Å². The lowest BCUT2D eigenvalue weighted by molar-refractivity contribution is 0.0619. The molecular weight excluding hydrogens is 246 g/mol. The summed E-state index contributed by atoms with van der Waals surface area (Å²) < 4.78 is 6.89. The molecule has 2 N–H and O–H groups in total. The predicted molar refractivity (Wildman–Crippen MR) is 67.4 cm³/mol. The number of rotatable bonds is 6. The number of ether oxygens (including phenoxy) is 1. The highest BCUT2D eigenvalue weighted by molar-refractivity contribution is 5.97. The first-order chi connectivity index (χ1) is 9.22. The maximum atomic E-state index is 11.0. The quantitative estimate of drug-likeness (QED) is 0.783. The highest BCUT2D eigenvalue weighted by atomic mass is 16.5. The summed E-state index contributed by atoms with van der Waals surface area (Å²) in [7, 11) is 0. The Morgan fingerprint density at radius 3 is 2.74 bits per heavy atom. The number of aromatic nitrogens is 2. The molecule has 1 heterocycles. The van der Waals surface area contributed by atoms with E-state index in [1.54, 1.807) is 0 Å². The fourth-order valence-corrected chi connectivity index (χ4v) is 1.64. The summed E-state index contributed by atoms with van der Waals surface area (Å²) >= 11 is 0. The van der Waals surface area contributed by atoms with Crippen molar-refractivity contribution >= 4 is 12.2 Å². The first kappa shape index (κ1) is 13.0. The molecule has 0 fully saturated rings. The molecule has 0 atom stereocenters. The van der Waals surface area contributed by atoms with Crippen LogP contribution in [0, 0.1) is 0 Å². The van der Waals surface area contributed by atoms with E-state index >= 15 is 0 Å². The Kier molecular flexibility index (Phi) is 4.04. The van der Waals surface area contributed by atoms with E-state index in [-0.39, 0.29) is 18.1 Å². The number of benzene rings is 1. The van der Waals surface area contributed by atoms with Crippen LogP contribution in [0.1, 0.15) is 26.5 Å². The van der Waals surface area contributed by atoms with E-state index in [0.717, 1.165) is 5.56 Å². The molecule has 6 nitrogen and oxygen atoms in total. The highest BCUT2D eigenvalue weighted by Crippen LogP contribution is 2.06. The Bertz CT molecular complexity index is 578. The normalized spacial score (nSPS) is 10.3. The van der Waals surface area contributed by atoms with Crippen LogP contribution in [0.3, 0.4) is 0 Å². The zero-order valence-electron chi connectivity index (χ0n) is 10.2. The average Bonchev–Trinajstić information content (AvgIpc) is 2.83. The smallest absolute Gasteiger partial charge is 0.269 e. The van der Waals surface area contributed by atoms with Gasteiger partial charge < -0.3 is 15.0 Å². The van der Waals surface area contributed by atoms with Crippen LogP contribution in [0.2, 0.25) is 0 Å². The number of amides is 1. The van der Waals surface area contributed by atoms with Gasteiger partial charge in [0.2, 0.25) is 0 Å². The fraction of sp³-hybridized carbons (Fsp3) is 0.154. The van der Waals surface area contributed by atoms with Crippen molar-refractivity contribution in [1.29, 1.82) is 0 Å². The van der Waals surface area contributed by atoms with Crippen molar-refractivity contribution in [3.05, 3.63) is 53.6 Å². The number of hydrogen-bond donors (Lipinski definition) is 1. The van der Waals surface area contributed by atoms with Gasteiger partial charge in [0, 0.05) is 0 Å². The van der Waals surface area contributed by atoms with Gasteiger partial charge in [0.1, 0.15) is 12.4 Å². The monoisotopic (exact) mass is 259 g/mol. The Hall–Kier alpha value is -2.47. The number of primary amides is 1. The molecule has 0 aliphatic heterocycles. The molecule has 0 spiro atoms. The standard InChI is InChI=1S/C13H13N3O3/c14-13(18)12-11(6-17)16(8-15-12)9-19-7-10-4-2-1-3-5-10/h1-6,8H,7,9H2,(H2,14,18). The minimum absolute atomic E-state index is 0.0432. The topological polar surface area (TPSA) is 87.2 Å². The van der Waals surface area contributed by atoms with Crippen LogP contribution >= 0.6 is 0 Å². The van der Waals surface area contributed by atoms with Crippen LogP contribution in [0.25, 0.3) is 0 Å². The zero-order valence-corrected chi connectivity index (χ0v) is 10.2. The molecule has 0 saturated heterocycles. The van der Waals surface area contributed by atoms with Gasteiger partial charge in [0.25, 0.3) is 5.91 Å². The van der Waals surface area contributed by atoms with Gasteiger partial charge in [0.05, 0.1) is 12.9 Å².